The molecule has 0 bridgehead atoms. The average Bonchev–Trinajstić information content (AvgIpc) is 2.99. The summed E-state index contributed by atoms with van der Waals surface area (Å²) in [6.07, 6.45) is 2.75. The van der Waals surface area contributed by atoms with E-state index < -0.39 is 0 Å². The van der Waals surface area contributed by atoms with Gasteiger partial charge in [-0.05, 0) is 44.2 Å². The third kappa shape index (κ3) is 2.77. The number of aliphatic hydroxyl groups is 1. The van der Waals surface area contributed by atoms with Crippen LogP contribution in [-0.4, -0.2) is 38.7 Å². The minimum atomic E-state index is -0.285. The van der Waals surface area contributed by atoms with Crippen LogP contribution in [0.25, 0.3) is 10.2 Å². The molecule has 0 aliphatic carbocycles. The highest BCUT2D eigenvalue weighted by molar-refractivity contribution is 7.17. The van der Waals surface area contributed by atoms with Crippen LogP contribution in [0.5, 0.6) is 0 Å². The van der Waals surface area contributed by atoms with Crippen LogP contribution in [0.4, 0.5) is 0 Å². The smallest absolute Gasteiger partial charge is 0.268 e. The SMILES string of the molecule is CC(O)CC1CCCN1Cc1nc2ccsc2c(=O)[nH]1. The molecule has 3 heterocycles. The maximum atomic E-state index is 12.0. The fourth-order valence-corrected chi connectivity index (χ4v) is 3.68. The van der Waals surface area contributed by atoms with Crippen molar-refractivity contribution >= 4 is 21.6 Å². The van der Waals surface area contributed by atoms with Crippen LogP contribution in [0.1, 0.15) is 32.0 Å². The Morgan fingerprint density at radius 3 is 3.30 bits per heavy atom. The Kier molecular flexibility index (Phi) is 3.87. The van der Waals surface area contributed by atoms with Crippen molar-refractivity contribution in [1.29, 1.82) is 0 Å². The molecule has 2 N–H and O–H groups in total. The third-order valence-corrected chi connectivity index (χ3v) is 4.73. The lowest BCUT2D eigenvalue weighted by molar-refractivity contribution is 0.129. The Balaban J connectivity index is 1.80. The first-order valence-corrected chi connectivity index (χ1v) is 7.90. The van der Waals surface area contributed by atoms with Crippen LogP contribution < -0.4 is 5.56 Å². The van der Waals surface area contributed by atoms with Gasteiger partial charge in [0.2, 0.25) is 0 Å². The lowest BCUT2D eigenvalue weighted by atomic mass is 10.1. The van der Waals surface area contributed by atoms with Gasteiger partial charge in [-0.15, -0.1) is 11.3 Å². The van der Waals surface area contributed by atoms with E-state index in [-0.39, 0.29) is 11.7 Å². The quantitative estimate of drug-likeness (QED) is 0.900. The highest BCUT2D eigenvalue weighted by Gasteiger charge is 2.26. The summed E-state index contributed by atoms with van der Waals surface area (Å²) in [5.41, 5.74) is 0.728. The van der Waals surface area contributed by atoms with E-state index in [1.165, 1.54) is 11.3 Å². The molecule has 0 amide bonds. The second-order valence-electron chi connectivity index (χ2n) is 5.50. The number of likely N-dealkylation sites (tertiary alicyclic amines) is 1. The van der Waals surface area contributed by atoms with Gasteiger partial charge in [0.05, 0.1) is 18.2 Å². The van der Waals surface area contributed by atoms with Gasteiger partial charge in [-0.3, -0.25) is 9.69 Å². The second kappa shape index (κ2) is 5.63. The maximum absolute atomic E-state index is 12.0. The van der Waals surface area contributed by atoms with E-state index >= 15 is 0 Å². The molecule has 5 nitrogen and oxygen atoms in total. The van der Waals surface area contributed by atoms with Crippen molar-refractivity contribution < 1.29 is 5.11 Å². The molecule has 0 spiro atoms. The predicted molar refractivity (Wildman–Crippen MR) is 80.0 cm³/mol. The first kappa shape index (κ1) is 13.7. The first-order chi connectivity index (χ1) is 9.63. The van der Waals surface area contributed by atoms with Gasteiger partial charge in [0.1, 0.15) is 10.5 Å². The van der Waals surface area contributed by atoms with Gasteiger partial charge in [-0.1, -0.05) is 0 Å². The lowest BCUT2D eigenvalue weighted by Gasteiger charge is -2.24. The summed E-state index contributed by atoms with van der Waals surface area (Å²) in [6.45, 7) is 3.48. The fraction of sp³-hybridized carbons (Fsp3) is 0.571. The molecule has 20 heavy (non-hydrogen) atoms. The van der Waals surface area contributed by atoms with Gasteiger partial charge in [0.15, 0.2) is 0 Å². The van der Waals surface area contributed by atoms with Gasteiger partial charge in [-0.25, -0.2) is 4.98 Å². The normalized spacial score (nSPS) is 21.6. The number of hydrogen-bond acceptors (Lipinski definition) is 5. The Bertz CT molecular complexity index is 649. The van der Waals surface area contributed by atoms with Crippen LogP contribution in [0, 0.1) is 0 Å². The molecule has 3 rings (SSSR count). The van der Waals surface area contributed by atoms with Gasteiger partial charge in [0, 0.05) is 6.04 Å². The average molecular weight is 293 g/mol. The number of aliphatic hydroxyl groups excluding tert-OH is 1. The van der Waals surface area contributed by atoms with E-state index in [4.69, 9.17) is 0 Å². The van der Waals surface area contributed by atoms with E-state index in [0.29, 0.717) is 17.3 Å². The van der Waals surface area contributed by atoms with Crippen molar-refractivity contribution in [3.05, 3.63) is 27.6 Å². The second-order valence-corrected chi connectivity index (χ2v) is 6.41. The Labute approximate surface area is 121 Å². The van der Waals surface area contributed by atoms with Crippen LogP contribution in [-0.2, 0) is 6.54 Å². The van der Waals surface area contributed by atoms with E-state index in [1.807, 2.05) is 18.4 Å². The van der Waals surface area contributed by atoms with Crippen LogP contribution >= 0.6 is 11.3 Å². The van der Waals surface area contributed by atoms with Crippen LogP contribution in [0.2, 0.25) is 0 Å². The number of thiophene rings is 1. The number of nitrogens with one attached hydrogen (secondary N) is 1. The van der Waals surface area contributed by atoms with Crippen molar-refractivity contribution in [2.45, 2.75) is 44.9 Å². The van der Waals surface area contributed by atoms with Crippen molar-refractivity contribution in [3.63, 3.8) is 0 Å². The number of aromatic amines is 1. The number of rotatable bonds is 4. The molecule has 1 aliphatic heterocycles. The van der Waals surface area contributed by atoms with Gasteiger partial charge >= 0.3 is 0 Å². The Morgan fingerprint density at radius 1 is 1.65 bits per heavy atom. The minimum Gasteiger partial charge on any atom is -0.393 e. The monoisotopic (exact) mass is 293 g/mol. The molecule has 2 aromatic rings. The molecule has 2 atom stereocenters. The summed E-state index contributed by atoms with van der Waals surface area (Å²) in [7, 11) is 0. The lowest BCUT2D eigenvalue weighted by Crippen LogP contribution is -2.32. The Morgan fingerprint density at radius 2 is 2.50 bits per heavy atom. The summed E-state index contributed by atoms with van der Waals surface area (Å²) in [5.74, 6) is 0.721. The maximum Gasteiger partial charge on any atom is 0.268 e. The van der Waals surface area contributed by atoms with Crippen LogP contribution in [0.15, 0.2) is 16.2 Å². The number of H-pyrrole nitrogens is 1. The molecule has 0 aromatic carbocycles. The van der Waals surface area contributed by atoms with Gasteiger partial charge in [0.25, 0.3) is 5.56 Å². The highest BCUT2D eigenvalue weighted by atomic mass is 32.1. The van der Waals surface area contributed by atoms with Crippen molar-refractivity contribution in [1.82, 2.24) is 14.9 Å². The van der Waals surface area contributed by atoms with Crippen molar-refractivity contribution in [3.8, 4) is 0 Å². The summed E-state index contributed by atoms with van der Waals surface area (Å²) in [4.78, 5) is 21.7. The first-order valence-electron chi connectivity index (χ1n) is 7.02. The number of aromatic nitrogens is 2. The van der Waals surface area contributed by atoms with Crippen molar-refractivity contribution in [2.24, 2.45) is 0 Å². The highest BCUT2D eigenvalue weighted by Crippen LogP contribution is 2.23. The van der Waals surface area contributed by atoms with Crippen molar-refractivity contribution in [2.75, 3.05) is 6.54 Å². The summed E-state index contributed by atoms with van der Waals surface area (Å²) in [6, 6.07) is 2.27. The Hall–Kier alpha value is -1.24. The van der Waals surface area contributed by atoms with Gasteiger partial charge in [-0.2, -0.15) is 0 Å². The summed E-state index contributed by atoms with van der Waals surface area (Å²) >= 11 is 1.42. The molecular weight excluding hydrogens is 274 g/mol. The van der Waals surface area contributed by atoms with Gasteiger partial charge < -0.3 is 10.1 Å². The van der Waals surface area contributed by atoms with E-state index in [0.717, 1.165) is 37.1 Å². The van der Waals surface area contributed by atoms with E-state index in [1.54, 1.807) is 0 Å². The zero-order chi connectivity index (χ0) is 14.1. The summed E-state index contributed by atoms with van der Waals surface area (Å²) in [5, 5.41) is 11.4. The number of nitrogens with zero attached hydrogens (tertiary/aromatic N) is 2. The molecular formula is C14H19N3O2S. The van der Waals surface area contributed by atoms with E-state index in [2.05, 4.69) is 14.9 Å². The minimum absolute atomic E-state index is 0.0497. The van der Waals surface area contributed by atoms with E-state index in [9.17, 15) is 9.90 Å². The standard InChI is InChI=1S/C14H19N3O2S/c1-9(18)7-10-3-2-5-17(10)8-12-15-11-4-6-20-13(11)14(19)16-12/h4,6,9-10,18H,2-3,5,7-8H2,1H3,(H,15,16,19). The fourth-order valence-electron chi connectivity index (χ4n) is 2.95. The topological polar surface area (TPSA) is 69.2 Å². The number of fused-ring (bicyclic) bond motifs is 1. The zero-order valence-corrected chi connectivity index (χ0v) is 12.3. The molecule has 2 aromatic heterocycles. The largest absolute Gasteiger partial charge is 0.393 e. The third-order valence-electron chi connectivity index (χ3n) is 3.83. The zero-order valence-electron chi connectivity index (χ0n) is 11.5. The molecule has 0 radical (unpaired) electrons. The summed E-state index contributed by atoms with van der Waals surface area (Å²) < 4.78 is 0.690. The molecule has 0 saturated carbocycles. The molecule has 1 saturated heterocycles. The van der Waals surface area contributed by atoms with Crippen LogP contribution in [0.3, 0.4) is 0 Å². The molecule has 108 valence electrons. The molecule has 2 unspecified atom stereocenters. The molecule has 1 fully saturated rings. The molecule has 6 heteroatoms. The molecule has 1 aliphatic rings. The number of hydrogen-bond donors (Lipinski definition) is 2. The predicted octanol–water partition coefficient (Wildman–Crippen LogP) is 1.72.